The first kappa shape index (κ1) is 6.20. The first-order valence-electron chi connectivity index (χ1n) is 2.77. The third kappa shape index (κ3) is 2.80. The zero-order valence-corrected chi connectivity index (χ0v) is 4.99. The van der Waals surface area contributed by atoms with Crippen molar-refractivity contribution in [3.8, 4) is 0 Å². The van der Waals surface area contributed by atoms with E-state index in [0.29, 0.717) is 0 Å². The Balaban J connectivity index is 3.04. The molecule has 1 aromatic heterocycles. The van der Waals surface area contributed by atoms with Crippen LogP contribution < -0.4 is 0 Å². The summed E-state index contributed by atoms with van der Waals surface area (Å²) in [5.41, 5.74) is 0. The van der Waals surface area contributed by atoms with E-state index < -0.39 is 0 Å². The predicted molar refractivity (Wildman–Crippen MR) is 38.9 cm³/mol. The Morgan fingerprint density at radius 3 is 3.22 bits per heavy atom. The standard InChI is InChI=1S/C5H6B2N2/c1-2-4-6-7-9-8-5-3-1/h1-5,8H. The fourth-order valence-corrected chi connectivity index (χ4v) is 0.470. The number of aromatic amines is 1. The van der Waals surface area contributed by atoms with Gasteiger partial charge in [0, 0.05) is 0 Å². The van der Waals surface area contributed by atoms with Gasteiger partial charge in [-0.25, -0.2) is 0 Å². The molecule has 1 rings (SSSR count). The normalized spacial score (nSPS) is 7.11. The van der Waals surface area contributed by atoms with Crippen molar-refractivity contribution in [2.45, 2.75) is 0 Å². The Hall–Kier alpha value is -0.920. The number of aromatic nitrogens is 2. The van der Waals surface area contributed by atoms with Gasteiger partial charge in [-0.1, -0.05) is 0 Å². The molecular weight excluding hydrogens is 110 g/mol. The van der Waals surface area contributed by atoms with Crippen LogP contribution in [0.4, 0.5) is 0 Å². The monoisotopic (exact) mass is 116 g/mol. The molecule has 0 unspecified atom stereocenters. The third-order valence-corrected chi connectivity index (χ3v) is 0.850. The molecule has 0 spiro atoms. The molecule has 42 valence electrons. The zero-order valence-electron chi connectivity index (χ0n) is 4.99. The van der Waals surface area contributed by atoms with Crippen LogP contribution in [0.25, 0.3) is 0 Å². The minimum atomic E-state index is 1.69. The molecule has 0 aliphatic rings. The van der Waals surface area contributed by atoms with Crippen LogP contribution in [0.15, 0.2) is 30.4 Å². The van der Waals surface area contributed by atoms with Gasteiger partial charge in [0.1, 0.15) is 0 Å². The number of nitrogens with one attached hydrogen (secondary N) is 1. The molecule has 0 aromatic carbocycles. The van der Waals surface area contributed by atoms with Crippen molar-refractivity contribution in [2.75, 3.05) is 0 Å². The van der Waals surface area contributed by atoms with Gasteiger partial charge in [-0.2, -0.15) is 0 Å². The van der Waals surface area contributed by atoms with Crippen LogP contribution in [0.2, 0.25) is 0 Å². The van der Waals surface area contributed by atoms with E-state index in [1.165, 1.54) is 0 Å². The maximum absolute atomic E-state index is 3.80. The van der Waals surface area contributed by atoms with Gasteiger partial charge < -0.3 is 0 Å². The van der Waals surface area contributed by atoms with Gasteiger partial charge >= 0.3 is 54.2 Å². The molecule has 0 fully saturated rings. The third-order valence-electron chi connectivity index (χ3n) is 0.850. The Morgan fingerprint density at radius 1 is 1.22 bits per heavy atom. The van der Waals surface area contributed by atoms with E-state index >= 15 is 0 Å². The number of rotatable bonds is 0. The van der Waals surface area contributed by atoms with Crippen LogP contribution >= 0.6 is 0 Å². The molecule has 0 bridgehead atoms. The molecule has 4 heteroatoms. The van der Waals surface area contributed by atoms with Crippen LogP contribution in [0.3, 0.4) is 0 Å². The summed E-state index contributed by atoms with van der Waals surface area (Å²) in [5.74, 6) is 1.92. The van der Waals surface area contributed by atoms with Crippen LogP contribution in [-0.2, 0) is 0 Å². The number of nitrogens with zero attached hydrogens (tertiary/aromatic N) is 1. The van der Waals surface area contributed by atoms with E-state index in [4.69, 9.17) is 0 Å². The van der Waals surface area contributed by atoms with Crippen molar-refractivity contribution in [2.24, 2.45) is 0 Å². The summed E-state index contributed by atoms with van der Waals surface area (Å²) in [6, 6.07) is 5.75. The van der Waals surface area contributed by atoms with Gasteiger partial charge in [0.15, 0.2) is 0 Å². The Kier molecular flexibility index (Phi) is 2.76. The van der Waals surface area contributed by atoms with Gasteiger partial charge in [-0.3, -0.25) is 0 Å². The summed E-state index contributed by atoms with van der Waals surface area (Å²) in [6.45, 7) is 3.55. The predicted octanol–water partition coefficient (Wildman–Crippen LogP) is 0.210. The number of hydrogen-bond donors (Lipinski definition) is 1. The van der Waals surface area contributed by atoms with E-state index in [9.17, 15) is 0 Å². The molecule has 1 heterocycles. The Labute approximate surface area is 55.1 Å². The number of hydrogen-bond acceptors (Lipinski definition) is 1. The molecule has 1 aromatic rings. The fourth-order valence-electron chi connectivity index (χ4n) is 0.470. The summed E-state index contributed by atoms with van der Waals surface area (Å²) in [7, 11) is 0. The van der Waals surface area contributed by atoms with Gasteiger partial charge in [0.25, 0.3) is 0 Å². The topological polar surface area (TPSA) is 28.7 Å². The summed E-state index contributed by atoms with van der Waals surface area (Å²) in [5, 5.41) is 6.52. The second-order valence-electron chi connectivity index (χ2n) is 1.54. The second kappa shape index (κ2) is 4.01. The molecule has 1 N–H and O–H groups in total. The summed E-state index contributed by atoms with van der Waals surface area (Å²) in [4.78, 5) is 0. The second-order valence-corrected chi connectivity index (χ2v) is 1.54. The average molecular weight is 116 g/mol. The number of H-pyrrole nitrogens is 1. The van der Waals surface area contributed by atoms with Crippen molar-refractivity contribution in [1.29, 1.82) is 0 Å². The van der Waals surface area contributed by atoms with Gasteiger partial charge in [0.05, 0.1) is 0 Å². The van der Waals surface area contributed by atoms with E-state index in [1.807, 2.05) is 31.0 Å². The van der Waals surface area contributed by atoms with Crippen LogP contribution in [0, 0.1) is 0 Å². The minimum absolute atomic E-state index is 1.69. The summed E-state index contributed by atoms with van der Waals surface area (Å²) < 4.78 is 0. The molecule has 0 radical (unpaired) electrons. The first-order chi connectivity index (χ1) is 4.50. The van der Waals surface area contributed by atoms with E-state index in [0.717, 1.165) is 0 Å². The van der Waals surface area contributed by atoms with Crippen LogP contribution in [0.5, 0.6) is 0 Å². The van der Waals surface area contributed by atoms with Crippen molar-refractivity contribution >= 4 is 13.7 Å². The van der Waals surface area contributed by atoms with Gasteiger partial charge in [0.2, 0.25) is 0 Å². The molecule has 0 saturated heterocycles. The zero-order chi connectivity index (χ0) is 6.36. The van der Waals surface area contributed by atoms with Crippen molar-refractivity contribution in [3.63, 3.8) is 0 Å². The van der Waals surface area contributed by atoms with Crippen LogP contribution in [0.1, 0.15) is 0 Å². The van der Waals surface area contributed by atoms with Crippen molar-refractivity contribution < 1.29 is 0 Å². The quantitative estimate of drug-likeness (QED) is 0.515. The van der Waals surface area contributed by atoms with Gasteiger partial charge in [-0.15, -0.1) is 0 Å². The molecule has 0 aliphatic heterocycles. The fraction of sp³-hybridized carbons (Fsp3) is 0. The summed E-state index contributed by atoms with van der Waals surface area (Å²) >= 11 is 0. The molecule has 0 atom stereocenters. The van der Waals surface area contributed by atoms with Crippen molar-refractivity contribution in [3.05, 3.63) is 30.4 Å². The van der Waals surface area contributed by atoms with E-state index in [2.05, 4.69) is 10.1 Å². The van der Waals surface area contributed by atoms with Gasteiger partial charge in [-0.05, 0) is 0 Å². The molecule has 0 aliphatic carbocycles. The van der Waals surface area contributed by atoms with E-state index in [1.54, 1.807) is 13.1 Å². The Morgan fingerprint density at radius 2 is 2.22 bits per heavy atom. The molecular formula is C5H6B2N2. The van der Waals surface area contributed by atoms with Crippen LogP contribution in [-0.4, -0.2) is 23.8 Å². The maximum atomic E-state index is 3.80. The molecule has 2 nitrogen and oxygen atoms in total. The molecule has 0 saturated carbocycles. The Bertz CT molecular complexity index is 135. The SMILES string of the molecule is b1bn[nH]ccccc1. The summed E-state index contributed by atoms with van der Waals surface area (Å²) in [6.07, 6.45) is 1.76. The van der Waals surface area contributed by atoms with Crippen molar-refractivity contribution in [1.82, 2.24) is 10.1 Å². The molecule has 0 amide bonds. The average Bonchev–Trinajstić information content (AvgIpc) is 2.00. The first-order valence-corrected chi connectivity index (χ1v) is 2.77. The van der Waals surface area contributed by atoms with E-state index in [-0.39, 0.29) is 0 Å². The molecule has 9 heavy (non-hydrogen) atoms.